The van der Waals surface area contributed by atoms with Crippen molar-refractivity contribution in [3.63, 3.8) is 0 Å². The van der Waals surface area contributed by atoms with E-state index < -0.39 is 0 Å². The number of morpholine rings is 1. The van der Waals surface area contributed by atoms with Gasteiger partial charge in [0.2, 0.25) is 5.91 Å². The maximum absolute atomic E-state index is 10.8. The van der Waals surface area contributed by atoms with Gasteiger partial charge in [0.1, 0.15) is 6.61 Å². The number of hydrogen-bond donors (Lipinski definition) is 1. The van der Waals surface area contributed by atoms with Crippen LogP contribution in [0, 0.1) is 0 Å². The minimum Gasteiger partial charge on any atom is -0.394 e. The number of amides is 1. The van der Waals surface area contributed by atoms with Gasteiger partial charge in [-0.3, -0.25) is 4.79 Å². The molecule has 0 aromatic rings. The summed E-state index contributed by atoms with van der Waals surface area (Å²) in [5.74, 6) is -0.0234. The Morgan fingerprint density at radius 3 is 2.67 bits per heavy atom. The van der Waals surface area contributed by atoms with Crippen LogP contribution in [0.4, 0.5) is 0 Å². The lowest BCUT2D eigenvalue weighted by atomic mass is 10.3. The van der Waals surface area contributed by atoms with Crippen LogP contribution in [-0.2, 0) is 9.53 Å². The molecule has 0 aromatic heterocycles. The zero-order valence-electron chi connectivity index (χ0n) is 7.91. The van der Waals surface area contributed by atoms with Gasteiger partial charge in [0.15, 0.2) is 0 Å². The Kier molecular flexibility index (Phi) is 5.66. The first-order valence-electron chi connectivity index (χ1n) is 4.20. The number of aliphatic hydroxyl groups excluding tert-OH is 1. The van der Waals surface area contributed by atoms with Crippen LogP contribution in [0.15, 0.2) is 0 Å². The van der Waals surface area contributed by atoms with Crippen LogP contribution >= 0.6 is 0 Å². The predicted molar refractivity (Wildman–Crippen MR) is 45.8 cm³/mol. The molecule has 0 radical (unpaired) electrons. The van der Waals surface area contributed by atoms with Gasteiger partial charge in [-0.25, -0.2) is 0 Å². The average molecular weight is 175 g/mol. The Morgan fingerprint density at radius 2 is 2.25 bits per heavy atom. The van der Waals surface area contributed by atoms with E-state index in [1.165, 1.54) is 0 Å². The molecule has 0 aromatic carbocycles. The van der Waals surface area contributed by atoms with Gasteiger partial charge in [0.25, 0.3) is 0 Å². The highest BCUT2D eigenvalue weighted by Crippen LogP contribution is 2.02. The molecule has 12 heavy (non-hydrogen) atoms. The van der Waals surface area contributed by atoms with Crippen LogP contribution in [0.5, 0.6) is 0 Å². The fourth-order valence-corrected chi connectivity index (χ4v) is 0.870. The molecule has 4 nitrogen and oxygen atoms in total. The fourth-order valence-electron chi connectivity index (χ4n) is 0.870. The highest BCUT2D eigenvalue weighted by Gasteiger charge is 2.22. The second-order valence-electron chi connectivity index (χ2n) is 2.39. The third-order valence-corrected chi connectivity index (χ3v) is 1.55. The molecule has 1 amide bonds. The third-order valence-electron chi connectivity index (χ3n) is 1.55. The Morgan fingerprint density at radius 1 is 1.67 bits per heavy atom. The molecule has 1 aliphatic rings. The molecule has 1 unspecified atom stereocenters. The highest BCUT2D eigenvalue weighted by molar-refractivity contribution is 5.77. The number of rotatable bonds is 1. The molecule has 4 heteroatoms. The monoisotopic (exact) mass is 175 g/mol. The summed E-state index contributed by atoms with van der Waals surface area (Å²) >= 11 is 0. The number of carbonyl (C=O) groups is 1. The van der Waals surface area contributed by atoms with E-state index in [0.717, 1.165) is 0 Å². The molecule has 1 heterocycles. The summed E-state index contributed by atoms with van der Waals surface area (Å²) in [7, 11) is 1.70. The van der Waals surface area contributed by atoms with Crippen LogP contribution in [0.1, 0.15) is 13.8 Å². The van der Waals surface area contributed by atoms with E-state index in [4.69, 9.17) is 9.84 Å². The van der Waals surface area contributed by atoms with Crippen LogP contribution in [0.25, 0.3) is 0 Å². The lowest BCUT2D eigenvalue weighted by Crippen LogP contribution is -2.45. The molecule has 0 aliphatic carbocycles. The minimum absolute atomic E-state index is 0.0162. The Hall–Kier alpha value is -0.610. The van der Waals surface area contributed by atoms with Gasteiger partial charge in [-0.2, -0.15) is 0 Å². The molecule has 1 aliphatic heterocycles. The summed E-state index contributed by atoms with van der Waals surface area (Å²) in [6.45, 7) is 4.58. The van der Waals surface area contributed by atoms with Gasteiger partial charge in [-0.05, 0) is 0 Å². The standard InChI is InChI=1S/C6H11NO3.C2H6/c1-7-2-5(3-8)10-4-6(7)9;1-2/h5,8H,2-4H2,1H3;1-2H3. The molecular formula is C8H17NO3. The zero-order chi connectivity index (χ0) is 9.56. The topological polar surface area (TPSA) is 49.8 Å². The van der Waals surface area contributed by atoms with Crippen molar-refractivity contribution in [3.8, 4) is 0 Å². The van der Waals surface area contributed by atoms with Crippen LogP contribution in [0.3, 0.4) is 0 Å². The molecule has 0 saturated carbocycles. The fraction of sp³-hybridized carbons (Fsp3) is 0.875. The van der Waals surface area contributed by atoms with E-state index in [2.05, 4.69) is 0 Å². The summed E-state index contributed by atoms with van der Waals surface area (Å²) in [5.41, 5.74) is 0. The van der Waals surface area contributed by atoms with Crippen molar-refractivity contribution < 1.29 is 14.6 Å². The van der Waals surface area contributed by atoms with Crippen molar-refractivity contribution in [1.29, 1.82) is 0 Å². The van der Waals surface area contributed by atoms with Gasteiger partial charge >= 0.3 is 0 Å². The zero-order valence-corrected chi connectivity index (χ0v) is 7.91. The smallest absolute Gasteiger partial charge is 0.248 e. The van der Waals surface area contributed by atoms with Crippen LogP contribution in [0.2, 0.25) is 0 Å². The van der Waals surface area contributed by atoms with E-state index in [-0.39, 0.29) is 25.2 Å². The number of carbonyl (C=O) groups excluding carboxylic acids is 1. The van der Waals surface area contributed by atoms with Crippen molar-refractivity contribution in [1.82, 2.24) is 4.90 Å². The number of nitrogens with zero attached hydrogens (tertiary/aromatic N) is 1. The molecule has 0 bridgehead atoms. The van der Waals surface area contributed by atoms with Crippen molar-refractivity contribution >= 4 is 5.91 Å². The summed E-state index contributed by atoms with van der Waals surface area (Å²) in [6, 6.07) is 0. The normalized spacial score (nSPS) is 23.2. The second kappa shape index (κ2) is 5.97. The molecule has 1 atom stereocenters. The molecule has 1 fully saturated rings. The van der Waals surface area contributed by atoms with E-state index in [1.54, 1.807) is 11.9 Å². The molecule has 1 rings (SSSR count). The largest absolute Gasteiger partial charge is 0.394 e. The Labute approximate surface area is 73.1 Å². The lowest BCUT2D eigenvalue weighted by molar-refractivity contribution is -0.148. The number of hydrogen-bond acceptors (Lipinski definition) is 3. The molecule has 0 spiro atoms. The molecule has 1 N–H and O–H groups in total. The van der Waals surface area contributed by atoms with Gasteiger partial charge in [-0.1, -0.05) is 13.8 Å². The summed E-state index contributed by atoms with van der Waals surface area (Å²) in [6.07, 6.45) is -0.192. The Balaban J connectivity index is 0.000000561. The minimum atomic E-state index is -0.192. The highest BCUT2D eigenvalue weighted by atomic mass is 16.5. The lowest BCUT2D eigenvalue weighted by Gasteiger charge is -2.28. The van der Waals surface area contributed by atoms with Crippen molar-refractivity contribution in [2.45, 2.75) is 20.0 Å². The average Bonchev–Trinajstić information content (AvgIpc) is 2.13. The van der Waals surface area contributed by atoms with Crippen molar-refractivity contribution in [2.75, 3.05) is 26.8 Å². The van der Waals surface area contributed by atoms with Crippen molar-refractivity contribution in [2.24, 2.45) is 0 Å². The van der Waals surface area contributed by atoms with E-state index in [1.807, 2.05) is 13.8 Å². The first kappa shape index (κ1) is 11.4. The number of likely N-dealkylation sites (N-methyl/N-ethyl adjacent to an activating group) is 1. The maximum atomic E-state index is 10.8. The van der Waals surface area contributed by atoms with Crippen LogP contribution < -0.4 is 0 Å². The Bertz CT molecular complexity index is 138. The third kappa shape index (κ3) is 3.19. The van der Waals surface area contributed by atoms with Gasteiger partial charge in [0.05, 0.1) is 12.7 Å². The van der Waals surface area contributed by atoms with E-state index >= 15 is 0 Å². The molecular weight excluding hydrogens is 158 g/mol. The van der Waals surface area contributed by atoms with Gasteiger partial charge in [0, 0.05) is 13.6 Å². The molecule has 1 saturated heterocycles. The predicted octanol–water partition coefficient (Wildman–Crippen LogP) is -0.138. The first-order chi connectivity index (χ1) is 5.74. The second-order valence-corrected chi connectivity index (χ2v) is 2.39. The number of aliphatic hydroxyl groups is 1. The van der Waals surface area contributed by atoms with Crippen LogP contribution in [-0.4, -0.2) is 48.8 Å². The van der Waals surface area contributed by atoms with Gasteiger partial charge < -0.3 is 14.7 Å². The first-order valence-corrected chi connectivity index (χ1v) is 4.20. The summed E-state index contributed by atoms with van der Waals surface area (Å²) in [5, 5.41) is 8.63. The summed E-state index contributed by atoms with van der Waals surface area (Å²) < 4.78 is 4.97. The van der Waals surface area contributed by atoms with Crippen molar-refractivity contribution in [3.05, 3.63) is 0 Å². The maximum Gasteiger partial charge on any atom is 0.248 e. The molecule has 72 valence electrons. The number of ether oxygens (including phenoxy) is 1. The van der Waals surface area contributed by atoms with E-state index in [0.29, 0.717) is 6.54 Å². The van der Waals surface area contributed by atoms with E-state index in [9.17, 15) is 4.79 Å². The quantitative estimate of drug-likeness (QED) is 0.603. The van der Waals surface area contributed by atoms with Gasteiger partial charge in [-0.15, -0.1) is 0 Å². The summed E-state index contributed by atoms with van der Waals surface area (Å²) in [4.78, 5) is 12.3. The SMILES string of the molecule is CC.CN1CC(CO)OCC1=O.